The number of nitrogens with zero attached hydrogens (tertiary/aromatic N) is 3. The molecule has 2 bridgehead atoms. The lowest BCUT2D eigenvalue weighted by Gasteiger charge is -2.52. The van der Waals surface area contributed by atoms with Gasteiger partial charge in [0.05, 0.1) is 27.2 Å². The number of nitrogens with one attached hydrogen (secondary N) is 1. The summed E-state index contributed by atoms with van der Waals surface area (Å²) in [5, 5.41) is 2.68. The maximum atomic E-state index is 13.2. The van der Waals surface area contributed by atoms with Gasteiger partial charge >= 0.3 is 6.03 Å². The Bertz CT molecular complexity index is 1040. The molecule has 4 heterocycles. The number of methoxy groups -OCH3 is 2. The number of fused-ring (bicyclic) bond motifs is 4. The number of hydrogen-bond donors (Lipinski definition) is 1. The van der Waals surface area contributed by atoms with E-state index in [9.17, 15) is 19.2 Å². The van der Waals surface area contributed by atoms with Crippen molar-refractivity contribution in [3.63, 3.8) is 0 Å². The van der Waals surface area contributed by atoms with Gasteiger partial charge in [0.15, 0.2) is 11.5 Å². The number of carbonyl (C=O) groups excluding carboxylic acids is 4. The minimum Gasteiger partial charge on any atom is -0.493 e. The fraction of sp³-hybridized carbons (Fsp3) is 0.600. The minimum atomic E-state index is -0.871. The maximum Gasteiger partial charge on any atom is 0.325 e. The first-order valence-corrected chi connectivity index (χ1v) is 12.3. The molecule has 4 fully saturated rings. The molecule has 1 aromatic carbocycles. The molecule has 0 aliphatic carbocycles. The molecule has 10 heteroatoms. The fourth-order valence-electron chi connectivity index (χ4n) is 6.14. The zero-order chi connectivity index (χ0) is 24.7. The van der Waals surface area contributed by atoms with Crippen molar-refractivity contribution in [2.24, 2.45) is 11.8 Å². The average molecular weight is 485 g/mol. The topological polar surface area (TPSA) is 108 Å². The highest BCUT2D eigenvalue weighted by atomic mass is 16.5. The van der Waals surface area contributed by atoms with Crippen LogP contribution in [0.5, 0.6) is 11.5 Å². The first kappa shape index (κ1) is 23.4. The van der Waals surface area contributed by atoms with Crippen LogP contribution in [-0.4, -0.2) is 84.4 Å². The van der Waals surface area contributed by atoms with Gasteiger partial charge < -0.3 is 24.6 Å². The number of ether oxygens (including phenoxy) is 2. The zero-order valence-corrected chi connectivity index (χ0v) is 20.2. The molecule has 1 aromatic rings. The van der Waals surface area contributed by atoms with Crippen LogP contribution in [0, 0.1) is 11.8 Å². The molecule has 4 aliphatic heterocycles. The summed E-state index contributed by atoms with van der Waals surface area (Å²) < 4.78 is 10.5. The summed E-state index contributed by atoms with van der Waals surface area (Å²) in [6, 6.07) is 4.06. The highest BCUT2D eigenvalue weighted by Gasteiger charge is 2.46. The maximum absolute atomic E-state index is 13.2. The highest BCUT2D eigenvalue weighted by molar-refractivity contribution is 6.05. The fourth-order valence-corrected chi connectivity index (χ4v) is 6.14. The van der Waals surface area contributed by atoms with Gasteiger partial charge in [0, 0.05) is 32.1 Å². The Labute approximate surface area is 204 Å². The summed E-state index contributed by atoms with van der Waals surface area (Å²) in [6.07, 6.45) is 3.51. The van der Waals surface area contributed by atoms with Crippen LogP contribution in [0.1, 0.15) is 37.7 Å². The molecule has 5 amide bonds. The molecular formula is C25H32N4O6. The zero-order valence-electron chi connectivity index (χ0n) is 20.2. The van der Waals surface area contributed by atoms with Gasteiger partial charge in [-0.05, 0) is 48.8 Å². The van der Waals surface area contributed by atoms with Crippen molar-refractivity contribution in [1.82, 2.24) is 20.0 Å². The number of benzene rings is 1. The van der Waals surface area contributed by atoms with E-state index in [1.54, 1.807) is 18.2 Å². The predicted octanol–water partition coefficient (Wildman–Crippen LogP) is 1.37. The van der Waals surface area contributed by atoms with Gasteiger partial charge in [0.2, 0.25) is 11.8 Å². The third-order valence-corrected chi connectivity index (χ3v) is 7.81. The van der Waals surface area contributed by atoms with E-state index in [1.165, 1.54) is 14.2 Å². The highest BCUT2D eigenvalue weighted by Crippen LogP contribution is 2.38. The largest absolute Gasteiger partial charge is 0.493 e. The minimum absolute atomic E-state index is 0.0558. The standard InChI is InChI=1S/C25H32N4O6/c1-34-20-7-6-15(9-21(20)35-2)12-29-24(32)18(26-25(29)33)10-23(31)27-11-16-8-17(14-27)19-4-3-5-22(30)28(19)13-16/h6-7,9,16-19H,3-5,8,10-14H2,1-2H3,(H,26,33)/t16?,17?,18-,19?/m0/s1. The Morgan fingerprint density at radius 3 is 2.66 bits per heavy atom. The molecule has 0 radical (unpaired) electrons. The van der Waals surface area contributed by atoms with Gasteiger partial charge in [-0.1, -0.05) is 6.07 Å². The van der Waals surface area contributed by atoms with E-state index in [4.69, 9.17) is 9.47 Å². The van der Waals surface area contributed by atoms with Crippen LogP contribution < -0.4 is 14.8 Å². The molecule has 10 nitrogen and oxygen atoms in total. The van der Waals surface area contributed by atoms with Gasteiger partial charge in [-0.15, -0.1) is 0 Å². The van der Waals surface area contributed by atoms with E-state index in [1.807, 2.05) is 9.80 Å². The Kier molecular flexibility index (Phi) is 6.29. The number of rotatable bonds is 6. The lowest BCUT2D eigenvalue weighted by atomic mass is 9.76. The average Bonchev–Trinajstić information content (AvgIpc) is 3.11. The third-order valence-electron chi connectivity index (χ3n) is 7.81. The SMILES string of the molecule is COc1ccc(CN2C(=O)N[C@@H](CC(=O)N3CC4CC(C3)C3CCCC(=O)N3C4)C2=O)cc1OC. The summed E-state index contributed by atoms with van der Waals surface area (Å²) in [6.45, 7) is 1.99. The first-order valence-electron chi connectivity index (χ1n) is 12.3. The molecule has 4 saturated heterocycles. The van der Waals surface area contributed by atoms with Gasteiger partial charge in [-0.3, -0.25) is 19.3 Å². The number of urea groups is 1. The second-order valence-corrected chi connectivity index (χ2v) is 9.99. The molecule has 0 spiro atoms. The Balaban J connectivity index is 1.21. The van der Waals surface area contributed by atoms with Crippen LogP contribution in [-0.2, 0) is 20.9 Å². The van der Waals surface area contributed by atoms with Gasteiger partial charge in [-0.2, -0.15) is 0 Å². The molecule has 5 rings (SSSR count). The Morgan fingerprint density at radius 2 is 1.89 bits per heavy atom. The van der Waals surface area contributed by atoms with E-state index >= 15 is 0 Å². The predicted molar refractivity (Wildman–Crippen MR) is 125 cm³/mol. The van der Waals surface area contributed by atoms with Crippen LogP contribution in [0.2, 0.25) is 0 Å². The lowest BCUT2D eigenvalue weighted by molar-refractivity contribution is -0.149. The quantitative estimate of drug-likeness (QED) is 0.611. The van der Waals surface area contributed by atoms with Crippen LogP contribution in [0.4, 0.5) is 4.79 Å². The van der Waals surface area contributed by atoms with E-state index in [0.717, 1.165) is 24.2 Å². The molecule has 188 valence electrons. The molecule has 3 unspecified atom stereocenters. The number of piperidine rings is 3. The van der Waals surface area contributed by atoms with E-state index in [0.29, 0.717) is 43.1 Å². The van der Waals surface area contributed by atoms with Crippen LogP contribution in [0.25, 0.3) is 0 Å². The van der Waals surface area contributed by atoms with Crippen molar-refractivity contribution < 1.29 is 28.7 Å². The van der Waals surface area contributed by atoms with Crippen LogP contribution in [0.3, 0.4) is 0 Å². The van der Waals surface area contributed by atoms with E-state index in [2.05, 4.69) is 5.32 Å². The van der Waals surface area contributed by atoms with Crippen LogP contribution >= 0.6 is 0 Å². The van der Waals surface area contributed by atoms with Crippen molar-refractivity contribution >= 4 is 23.8 Å². The number of amides is 5. The second kappa shape index (κ2) is 9.39. The Hall–Kier alpha value is -3.30. The molecule has 35 heavy (non-hydrogen) atoms. The summed E-state index contributed by atoms with van der Waals surface area (Å²) in [7, 11) is 3.06. The summed E-state index contributed by atoms with van der Waals surface area (Å²) in [5.41, 5.74) is 0.716. The Morgan fingerprint density at radius 1 is 1.09 bits per heavy atom. The van der Waals surface area contributed by atoms with Gasteiger partial charge in [0.25, 0.3) is 5.91 Å². The second-order valence-electron chi connectivity index (χ2n) is 9.99. The van der Waals surface area contributed by atoms with Crippen molar-refractivity contribution in [2.45, 2.75) is 50.7 Å². The number of hydrogen-bond acceptors (Lipinski definition) is 6. The van der Waals surface area contributed by atoms with Crippen molar-refractivity contribution in [3.8, 4) is 11.5 Å². The smallest absolute Gasteiger partial charge is 0.325 e. The molecular weight excluding hydrogens is 452 g/mol. The summed E-state index contributed by atoms with van der Waals surface area (Å²) in [5.74, 6) is 1.34. The number of imide groups is 1. The molecule has 4 aliphatic rings. The molecule has 4 atom stereocenters. The van der Waals surface area contributed by atoms with Gasteiger partial charge in [-0.25, -0.2) is 4.79 Å². The molecule has 0 saturated carbocycles. The summed E-state index contributed by atoms with van der Waals surface area (Å²) in [4.78, 5) is 56.1. The monoisotopic (exact) mass is 484 g/mol. The number of likely N-dealkylation sites (tertiary alicyclic amines) is 1. The van der Waals surface area contributed by atoms with Crippen molar-refractivity contribution in [3.05, 3.63) is 23.8 Å². The van der Waals surface area contributed by atoms with E-state index < -0.39 is 18.0 Å². The molecule has 1 N–H and O–H groups in total. The lowest BCUT2D eigenvalue weighted by Crippen LogP contribution is -2.61. The van der Waals surface area contributed by atoms with Gasteiger partial charge in [0.1, 0.15) is 6.04 Å². The first-order chi connectivity index (χ1) is 16.9. The van der Waals surface area contributed by atoms with E-state index in [-0.39, 0.29) is 42.7 Å². The third kappa shape index (κ3) is 4.41. The van der Waals surface area contributed by atoms with Crippen molar-refractivity contribution in [1.29, 1.82) is 0 Å². The summed E-state index contributed by atoms with van der Waals surface area (Å²) >= 11 is 0. The number of carbonyl (C=O) groups is 4. The van der Waals surface area contributed by atoms with Crippen molar-refractivity contribution in [2.75, 3.05) is 33.9 Å². The molecule has 0 aromatic heterocycles. The normalized spacial score (nSPS) is 28.1. The van der Waals surface area contributed by atoms with Crippen LogP contribution in [0.15, 0.2) is 18.2 Å².